The Balaban J connectivity index is 3.14. The normalized spacial score (nSPS) is 13.4. The number of hydrogen-bond donors (Lipinski definition) is 0. The quantitative estimate of drug-likeness (QED) is 0.604. The Kier molecular flexibility index (Phi) is 7.33. The lowest BCUT2D eigenvalue weighted by Gasteiger charge is -2.34. The van der Waals surface area contributed by atoms with Crippen molar-refractivity contribution in [3.8, 4) is 0 Å². The highest BCUT2D eigenvalue weighted by molar-refractivity contribution is 9.10. The van der Waals surface area contributed by atoms with Gasteiger partial charge >= 0.3 is 6.09 Å². The van der Waals surface area contributed by atoms with Crippen molar-refractivity contribution in [1.29, 1.82) is 0 Å². The van der Waals surface area contributed by atoms with Gasteiger partial charge in [0.25, 0.3) is 0 Å². The van der Waals surface area contributed by atoms with E-state index in [1.807, 2.05) is 58.0 Å². The average Bonchev–Trinajstić information content (AvgIpc) is 2.42. The van der Waals surface area contributed by atoms with E-state index < -0.39 is 5.60 Å². The van der Waals surface area contributed by atoms with Crippen LogP contribution in [0, 0.1) is 5.92 Å². The van der Waals surface area contributed by atoms with Crippen LogP contribution in [0.15, 0.2) is 40.9 Å². The molecule has 1 aromatic rings. The van der Waals surface area contributed by atoms with E-state index in [4.69, 9.17) is 4.74 Å². The Hall–Kier alpha value is -1.29. The fourth-order valence-corrected chi connectivity index (χ4v) is 2.72. The van der Waals surface area contributed by atoms with Crippen molar-refractivity contribution in [1.82, 2.24) is 4.90 Å². The van der Waals surface area contributed by atoms with E-state index in [9.17, 15) is 4.79 Å². The zero-order valence-electron chi connectivity index (χ0n) is 15.0. The topological polar surface area (TPSA) is 29.5 Å². The lowest BCUT2D eigenvalue weighted by molar-refractivity contribution is 0.0140. The monoisotopic (exact) mass is 381 g/mol. The molecular weight excluding hydrogens is 354 g/mol. The van der Waals surface area contributed by atoms with Crippen LogP contribution in [0.25, 0.3) is 0 Å². The van der Waals surface area contributed by atoms with Crippen LogP contribution in [-0.2, 0) is 11.3 Å². The number of hydrogen-bond acceptors (Lipinski definition) is 2. The second-order valence-electron chi connectivity index (χ2n) is 6.96. The number of nitrogens with zero attached hydrogens (tertiary/aromatic N) is 1. The molecule has 0 heterocycles. The van der Waals surface area contributed by atoms with Gasteiger partial charge in [-0.1, -0.05) is 60.1 Å². The highest BCUT2D eigenvalue weighted by Gasteiger charge is 2.29. The van der Waals surface area contributed by atoms with Crippen LogP contribution in [0.5, 0.6) is 0 Å². The van der Waals surface area contributed by atoms with E-state index in [0.29, 0.717) is 12.5 Å². The molecule has 0 saturated carbocycles. The number of allylic oxidation sites excluding steroid dienone is 1. The molecule has 0 unspecified atom stereocenters. The molecule has 1 atom stereocenters. The highest BCUT2D eigenvalue weighted by Crippen LogP contribution is 2.24. The Morgan fingerprint density at radius 3 is 2.39 bits per heavy atom. The fraction of sp³-hybridized carbons (Fsp3) is 0.526. The summed E-state index contributed by atoms with van der Waals surface area (Å²) in [6, 6.07) is 7.95. The van der Waals surface area contributed by atoms with Crippen LogP contribution < -0.4 is 0 Å². The maximum absolute atomic E-state index is 12.7. The number of benzene rings is 1. The predicted molar refractivity (Wildman–Crippen MR) is 99.4 cm³/mol. The molecule has 0 N–H and O–H groups in total. The van der Waals surface area contributed by atoms with E-state index in [0.717, 1.165) is 10.0 Å². The molecule has 128 valence electrons. The molecule has 0 aromatic heterocycles. The van der Waals surface area contributed by atoms with E-state index in [1.165, 1.54) is 0 Å². The third-order valence-electron chi connectivity index (χ3n) is 3.36. The van der Waals surface area contributed by atoms with E-state index in [2.05, 4.69) is 35.9 Å². The third-order valence-corrected chi connectivity index (χ3v) is 4.13. The van der Waals surface area contributed by atoms with E-state index in [-0.39, 0.29) is 12.1 Å². The van der Waals surface area contributed by atoms with Crippen LogP contribution in [0.2, 0.25) is 0 Å². The zero-order valence-corrected chi connectivity index (χ0v) is 16.6. The fourth-order valence-electron chi connectivity index (χ4n) is 2.31. The van der Waals surface area contributed by atoms with Crippen LogP contribution >= 0.6 is 15.9 Å². The molecule has 0 bridgehead atoms. The number of carbonyl (C=O) groups excluding carboxylic acids is 1. The number of carbonyl (C=O) groups is 1. The summed E-state index contributed by atoms with van der Waals surface area (Å²) >= 11 is 3.56. The average molecular weight is 382 g/mol. The van der Waals surface area contributed by atoms with Gasteiger partial charge in [0.2, 0.25) is 0 Å². The molecular formula is C19H28BrNO2. The lowest BCUT2D eigenvalue weighted by atomic mass is 10.0. The van der Waals surface area contributed by atoms with Crippen molar-refractivity contribution in [2.45, 2.75) is 59.7 Å². The Morgan fingerprint density at radius 1 is 1.30 bits per heavy atom. The number of amides is 1. The molecule has 0 aliphatic rings. The van der Waals surface area contributed by atoms with Crippen molar-refractivity contribution in [2.24, 2.45) is 5.92 Å². The molecule has 0 fully saturated rings. The number of halogens is 1. The van der Waals surface area contributed by atoms with Gasteiger partial charge in [0, 0.05) is 4.47 Å². The molecule has 1 aromatic carbocycles. The molecule has 0 aliphatic heterocycles. The Morgan fingerprint density at radius 2 is 1.91 bits per heavy atom. The summed E-state index contributed by atoms with van der Waals surface area (Å²) in [5.41, 5.74) is 0.550. The molecule has 4 heteroatoms. The standard InChI is InChI=1S/C19H28BrNO2/c1-7-10-17(14(2)3)21(18(22)23-19(4,5)6)13-15-11-8-9-12-16(15)20/h7-12,14,17H,13H2,1-6H3/b10-7-/t17-/m1/s1. The van der Waals surface area contributed by atoms with Crippen molar-refractivity contribution in [3.05, 3.63) is 46.5 Å². The highest BCUT2D eigenvalue weighted by atomic mass is 79.9. The lowest BCUT2D eigenvalue weighted by Crippen LogP contribution is -2.44. The van der Waals surface area contributed by atoms with E-state index in [1.54, 1.807) is 4.90 Å². The summed E-state index contributed by atoms with van der Waals surface area (Å²) in [7, 11) is 0. The van der Waals surface area contributed by atoms with Crippen LogP contribution in [0.3, 0.4) is 0 Å². The molecule has 1 rings (SSSR count). The SMILES string of the molecule is C/C=C\[C@H](C(C)C)N(Cc1ccccc1Br)C(=O)OC(C)(C)C. The summed E-state index contributed by atoms with van der Waals surface area (Å²) in [5, 5.41) is 0. The maximum atomic E-state index is 12.7. The van der Waals surface area contributed by atoms with Gasteiger partial charge in [-0.2, -0.15) is 0 Å². The van der Waals surface area contributed by atoms with Gasteiger partial charge < -0.3 is 4.74 Å². The minimum atomic E-state index is -0.513. The number of rotatable bonds is 5. The molecule has 3 nitrogen and oxygen atoms in total. The maximum Gasteiger partial charge on any atom is 0.411 e. The molecule has 1 amide bonds. The van der Waals surface area contributed by atoms with Gasteiger partial charge in [0.05, 0.1) is 12.6 Å². The minimum absolute atomic E-state index is 0.0121. The molecule has 0 saturated heterocycles. The molecule has 23 heavy (non-hydrogen) atoms. The van der Waals surface area contributed by atoms with E-state index >= 15 is 0 Å². The van der Waals surface area contributed by atoms with Crippen LogP contribution in [0.4, 0.5) is 4.79 Å². The largest absolute Gasteiger partial charge is 0.444 e. The summed E-state index contributed by atoms with van der Waals surface area (Å²) < 4.78 is 6.62. The minimum Gasteiger partial charge on any atom is -0.444 e. The van der Waals surface area contributed by atoms with Crippen molar-refractivity contribution >= 4 is 22.0 Å². The first kappa shape index (κ1) is 19.8. The summed E-state index contributed by atoms with van der Waals surface area (Å²) in [4.78, 5) is 14.6. The second-order valence-corrected chi connectivity index (χ2v) is 7.81. The first-order chi connectivity index (χ1) is 10.7. The summed E-state index contributed by atoms with van der Waals surface area (Å²) in [5.74, 6) is 0.293. The molecule has 0 radical (unpaired) electrons. The Bertz CT molecular complexity index is 547. The zero-order chi connectivity index (χ0) is 17.6. The smallest absolute Gasteiger partial charge is 0.411 e. The first-order valence-electron chi connectivity index (χ1n) is 8.01. The predicted octanol–water partition coefficient (Wildman–Crippen LogP) is 5.79. The summed E-state index contributed by atoms with van der Waals surface area (Å²) in [6.07, 6.45) is 3.76. The number of ether oxygens (including phenoxy) is 1. The second kappa shape index (κ2) is 8.53. The Labute approximate surface area is 148 Å². The van der Waals surface area contributed by atoms with Gasteiger partial charge in [0.15, 0.2) is 0 Å². The van der Waals surface area contributed by atoms with Crippen molar-refractivity contribution in [2.75, 3.05) is 0 Å². The van der Waals surface area contributed by atoms with Crippen molar-refractivity contribution in [3.63, 3.8) is 0 Å². The van der Waals surface area contributed by atoms with Crippen molar-refractivity contribution < 1.29 is 9.53 Å². The molecule has 0 spiro atoms. The van der Waals surface area contributed by atoms with Gasteiger partial charge in [-0.05, 0) is 45.2 Å². The van der Waals surface area contributed by atoms with Gasteiger partial charge in [0.1, 0.15) is 5.60 Å². The van der Waals surface area contributed by atoms with Gasteiger partial charge in [-0.3, -0.25) is 4.90 Å². The van der Waals surface area contributed by atoms with Gasteiger partial charge in [-0.25, -0.2) is 4.79 Å². The molecule has 0 aliphatic carbocycles. The first-order valence-corrected chi connectivity index (χ1v) is 8.81. The summed E-state index contributed by atoms with van der Waals surface area (Å²) in [6.45, 7) is 12.4. The van der Waals surface area contributed by atoms with Crippen LogP contribution in [0.1, 0.15) is 47.1 Å². The third kappa shape index (κ3) is 6.38. The van der Waals surface area contributed by atoms with Crippen LogP contribution in [-0.4, -0.2) is 22.6 Å². The van der Waals surface area contributed by atoms with Gasteiger partial charge in [-0.15, -0.1) is 0 Å².